The van der Waals surface area contributed by atoms with E-state index in [0.29, 0.717) is 16.3 Å². The summed E-state index contributed by atoms with van der Waals surface area (Å²) in [4.78, 5) is 0. The molecule has 0 aliphatic carbocycles. The van der Waals surface area contributed by atoms with Gasteiger partial charge in [-0.05, 0) is 78.1 Å². The fourth-order valence-corrected chi connectivity index (χ4v) is 5.99. The number of furan rings is 1. The zero-order valence-electron chi connectivity index (χ0n) is 34.3. The zero-order valence-corrected chi connectivity index (χ0v) is 21.3. The van der Waals surface area contributed by atoms with Crippen molar-refractivity contribution >= 4 is 65.0 Å². The highest BCUT2D eigenvalue weighted by Crippen LogP contribution is 2.47. The highest BCUT2D eigenvalue weighted by Gasteiger charge is 2.21. The third-order valence-corrected chi connectivity index (χ3v) is 7.71. The van der Waals surface area contributed by atoms with Gasteiger partial charge in [-0.25, -0.2) is 0 Å². The summed E-state index contributed by atoms with van der Waals surface area (Å²) >= 11 is 0. The van der Waals surface area contributed by atoms with Gasteiger partial charge in [0.05, 0.1) is 17.8 Å². The third-order valence-electron chi connectivity index (χ3n) is 7.71. The van der Waals surface area contributed by atoms with Crippen LogP contribution in [0.3, 0.4) is 0 Å². The van der Waals surface area contributed by atoms with Crippen LogP contribution in [0.2, 0.25) is 0 Å². The molecule has 0 fully saturated rings. The van der Waals surface area contributed by atoms with Crippen molar-refractivity contribution < 1.29 is 22.2 Å². The second-order valence-electron chi connectivity index (χ2n) is 9.86. The third kappa shape index (κ3) is 3.24. The quantitative estimate of drug-likeness (QED) is 0.159. The van der Waals surface area contributed by atoms with E-state index in [0.717, 1.165) is 21.5 Å². The van der Waals surface area contributed by atoms with E-state index < -0.39 is 78.1 Å². The Morgan fingerprint density at radius 3 is 2.17 bits per heavy atom. The van der Waals surface area contributed by atoms with Gasteiger partial charge in [-0.1, -0.05) is 127 Å². The Balaban J connectivity index is 1.65. The van der Waals surface area contributed by atoms with Crippen molar-refractivity contribution in [2.24, 2.45) is 0 Å². The van der Waals surface area contributed by atoms with E-state index in [1.165, 1.54) is 0 Å². The van der Waals surface area contributed by atoms with Gasteiger partial charge in [0.25, 0.3) is 0 Å². The van der Waals surface area contributed by atoms with Crippen LogP contribution in [-0.2, 0) is 0 Å². The Kier molecular flexibility index (Phi) is 2.77. The Bertz CT molecular complexity index is 3170. The molecule has 8 aromatic carbocycles. The highest BCUT2D eigenvalue weighted by molar-refractivity contribution is 6.28. The molecule has 0 atom stereocenters. The van der Waals surface area contributed by atoms with Crippen LogP contribution in [0.15, 0.2) is 150 Å². The molecule has 190 valence electrons. The zero-order chi connectivity index (χ0) is 38.2. The first-order valence-corrected chi connectivity index (χ1v) is 13.1. The van der Waals surface area contributed by atoms with Crippen molar-refractivity contribution in [2.75, 3.05) is 0 Å². The van der Waals surface area contributed by atoms with Crippen molar-refractivity contribution in [3.8, 4) is 22.3 Å². The Hall–Kier alpha value is -5.40. The Labute approximate surface area is 255 Å². The minimum atomic E-state index is -0.690. The predicted octanol–water partition coefficient (Wildman–Crippen LogP) is 11.5. The number of benzene rings is 8. The average molecular weight is 534 g/mol. The summed E-state index contributed by atoms with van der Waals surface area (Å²) in [6.45, 7) is 0. The van der Waals surface area contributed by atoms with Crippen LogP contribution in [0, 0.1) is 0 Å². The summed E-state index contributed by atoms with van der Waals surface area (Å²) < 4.78 is 122. The first-order valence-electron chi connectivity index (χ1n) is 19.6. The predicted molar refractivity (Wildman–Crippen MR) is 175 cm³/mol. The second-order valence-corrected chi connectivity index (χ2v) is 9.86. The summed E-state index contributed by atoms with van der Waals surface area (Å²) in [7, 11) is 0. The van der Waals surface area contributed by atoms with Gasteiger partial charge in [0, 0.05) is 16.2 Å². The molecular weight excluding hydrogens is 496 g/mol. The number of hydrogen-bond acceptors (Lipinski definition) is 1. The Morgan fingerprint density at radius 2 is 1.27 bits per heavy atom. The fraction of sp³-hybridized carbons (Fsp3) is 0. The van der Waals surface area contributed by atoms with E-state index in [4.69, 9.17) is 19.5 Å². The molecule has 0 bridgehead atoms. The largest absolute Gasteiger partial charge is 0.455 e. The lowest BCUT2D eigenvalue weighted by Crippen LogP contribution is -1.89. The van der Waals surface area contributed by atoms with Crippen LogP contribution in [0.5, 0.6) is 0 Å². The first-order chi connectivity index (χ1) is 25.8. The molecule has 1 heteroatoms. The summed E-state index contributed by atoms with van der Waals surface area (Å²) in [6.07, 6.45) is 0. The monoisotopic (exact) mass is 533 g/mol. The van der Waals surface area contributed by atoms with E-state index in [9.17, 15) is 2.74 Å². The molecule has 1 aromatic heterocycles. The summed E-state index contributed by atoms with van der Waals surface area (Å²) in [5, 5.41) is 4.29. The van der Waals surface area contributed by atoms with Crippen molar-refractivity contribution in [3.05, 3.63) is 145 Å². The molecule has 0 saturated heterocycles. The SMILES string of the molecule is [2H]c1c([2H])c([2H])c(-c2c([2H])c3c([2H])c([2H])c([2H])c([2H])c3c3oc4c([2H])c([2H])c([2H])c(-c5c6ccccc6cc6c5ccc5ccccc56)c4c23)c([2H])c1[2H]. The normalized spacial score (nSPS) is 16.3. The van der Waals surface area contributed by atoms with Crippen molar-refractivity contribution in [3.63, 3.8) is 0 Å². The standard InChI is InChI=1S/C40H24O/c1-2-11-25(12-3-1)34-23-28-15-6-9-18-31(28)40-39(34)38-33(19-10-20-36(38)41-40)37-30-17-8-5-14-27(30)24-35-29-16-7-4-13-26(29)21-22-32(35)37/h1-24H/i1D,2D,3D,6D,9D,10D,11D,12D,15D,18D,19D,20D,23D. The van der Waals surface area contributed by atoms with Gasteiger partial charge in [-0.15, -0.1) is 0 Å². The minimum Gasteiger partial charge on any atom is -0.455 e. The number of fused-ring (bicyclic) bond motifs is 9. The molecule has 0 saturated carbocycles. The molecule has 0 radical (unpaired) electrons. The van der Waals surface area contributed by atoms with E-state index >= 15 is 0 Å². The fourth-order valence-electron chi connectivity index (χ4n) is 5.99. The van der Waals surface area contributed by atoms with Gasteiger partial charge in [-0.3, -0.25) is 0 Å². The molecule has 0 amide bonds. The van der Waals surface area contributed by atoms with Crippen LogP contribution in [0.25, 0.3) is 87.3 Å². The topological polar surface area (TPSA) is 13.1 Å². The van der Waals surface area contributed by atoms with Crippen LogP contribution in [0.4, 0.5) is 0 Å². The van der Waals surface area contributed by atoms with Gasteiger partial charge >= 0.3 is 0 Å². The first kappa shape index (κ1) is 13.3. The van der Waals surface area contributed by atoms with Gasteiger partial charge in [0.1, 0.15) is 11.2 Å². The van der Waals surface area contributed by atoms with E-state index in [1.54, 1.807) is 0 Å². The van der Waals surface area contributed by atoms with Crippen LogP contribution in [-0.4, -0.2) is 0 Å². The van der Waals surface area contributed by atoms with Crippen molar-refractivity contribution in [2.45, 2.75) is 0 Å². The molecule has 0 aliphatic heterocycles. The number of hydrogen-bond donors (Lipinski definition) is 0. The van der Waals surface area contributed by atoms with Gasteiger partial charge < -0.3 is 4.42 Å². The highest BCUT2D eigenvalue weighted by atomic mass is 16.3. The van der Waals surface area contributed by atoms with E-state index in [2.05, 4.69) is 0 Å². The van der Waals surface area contributed by atoms with Gasteiger partial charge in [-0.2, -0.15) is 0 Å². The lowest BCUT2D eigenvalue weighted by Gasteiger charge is -2.15. The molecule has 1 heterocycles. The summed E-state index contributed by atoms with van der Waals surface area (Å²) in [5.41, 5.74) is -0.550. The molecule has 41 heavy (non-hydrogen) atoms. The second kappa shape index (κ2) is 8.55. The maximum Gasteiger partial charge on any atom is 0.143 e. The summed E-state index contributed by atoms with van der Waals surface area (Å²) in [6, 6.07) is 13.4. The smallest absolute Gasteiger partial charge is 0.143 e. The molecule has 0 unspecified atom stereocenters. The van der Waals surface area contributed by atoms with E-state index in [1.807, 2.05) is 66.7 Å². The van der Waals surface area contributed by atoms with Crippen molar-refractivity contribution in [1.82, 2.24) is 0 Å². The molecule has 0 N–H and O–H groups in total. The van der Waals surface area contributed by atoms with Crippen LogP contribution >= 0.6 is 0 Å². The molecule has 9 rings (SSSR count). The maximum absolute atomic E-state index is 9.59. The van der Waals surface area contributed by atoms with Crippen LogP contribution < -0.4 is 0 Å². The lowest BCUT2D eigenvalue weighted by molar-refractivity contribution is 0.673. The van der Waals surface area contributed by atoms with Crippen molar-refractivity contribution in [1.29, 1.82) is 0 Å². The van der Waals surface area contributed by atoms with Crippen LogP contribution in [0.1, 0.15) is 17.8 Å². The molecular formula is C40H24O. The molecule has 1 nitrogen and oxygen atoms in total. The van der Waals surface area contributed by atoms with E-state index in [-0.39, 0.29) is 49.9 Å². The van der Waals surface area contributed by atoms with Gasteiger partial charge in [0.2, 0.25) is 0 Å². The molecule has 9 aromatic rings. The average Bonchev–Trinajstić information content (AvgIpc) is 3.56. The molecule has 0 aliphatic rings. The Morgan fingerprint density at radius 1 is 0.488 bits per heavy atom. The van der Waals surface area contributed by atoms with Gasteiger partial charge in [0.15, 0.2) is 0 Å². The minimum absolute atomic E-state index is 0.0337. The number of rotatable bonds is 2. The lowest BCUT2D eigenvalue weighted by atomic mass is 9.87. The maximum atomic E-state index is 9.59. The summed E-state index contributed by atoms with van der Waals surface area (Å²) in [5.74, 6) is 0. The molecule has 0 spiro atoms.